The van der Waals surface area contributed by atoms with Crippen molar-refractivity contribution >= 4 is 17.5 Å². The van der Waals surface area contributed by atoms with Crippen molar-refractivity contribution in [2.24, 2.45) is 11.0 Å². The van der Waals surface area contributed by atoms with Crippen molar-refractivity contribution in [1.29, 1.82) is 0 Å². The first kappa shape index (κ1) is 15.9. The molecule has 0 saturated carbocycles. The normalized spacial score (nSPS) is 17.3. The number of hydrogen-bond acceptors (Lipinski definition) is 3. The SMILES string of the molecule is CCNC(=O)c1ccc(C)c(N2CC(CN=[N+]=[N-])CC2=O)c1. The van der Waals surface area contributed by atoms with Crippen LogP contribution in [0.15, 0.2) is 23.3 Å². The van der Waals surface area contributed by atoms with Crippen LogP contribution < -0.4 is 10.2 Å². The maximum atomic E-state index is 12.2. The number of aryl methyl sites for hydroxylation is 1. The Balaban J connectivity index is 2.24. The Kier molecular flexibility index (Phi) is 5.01. The molecule has 1 aliphatic rings. The molecule has 0 radical (unpaired) electrons. The summed E-state index contributed by atoms with van der Waals surface area (Å²) in [4.78, 5) is 28.6. The summed E-state index contributed by atoms with van der Waals surface area (Å²) in [7, 11) is 0. The third-order valence-corrected chi connectivity index (χ3v) is 3.71. The first-order valence-corrected chi connectivity index (χ1v) is 7.26. The highest BCUT2D eigenvalue weighted by molar-refractivity contribution is 6.00. The number of carbonyl (C=O) groups excluding carboxylic acids is 2. The van der Waals surface area contributed by atoms with E-state index < -0.39 is 0 Å². The zero-order valence-corrected chi connectivity index (χ0v) is 12.7. The fourth-order valence-corrected chi connectivity index (χ4v) is 2.59. The van der Waals surface area contributed by atoms with E-state index in [2.05, 4.69) is 15.3 Å². The van der Waals surface area contributed by atoms with Crippen LogP contribution in [-0.2, 0) is 4.79 Å². The molecule has 1 atom stereocenters. The van der Waals surface area contributed by atoms with Crippen molar-refractivity contribution in [2.45, 2.75) is 20.3 Å². The molecule has 7 nitrogen and oxygen atoms in total. The Morgan fingerprint density at radius 3 is 3.00 bits per heavy atom. The van der Waals surface area contributed by atoms with E-state index >= 15 is 0 Å². The molecule has 0 aliphatic carbocycles. The van der Waals surface area contributed by atoms with Gasteiger partial charge >= 0.3 is 0 Å². The summed E-state index contributed by atoms with van der Waals surface area (Å²) in [5, 5.41) is 6.30. The molecule has 22 heavy (non-hydrogen) atoms. The van der Waals surface area contributed by atoms with Gasteiger partial charge in [0, 0.05) is 42.2 Å². The van der Waals surface area contributed by atoms with Gasteiger partial charge in [0.15, 0.2) is 0 Å². The van der Waals surface area contributed by atoms with Crippen molar-refractivity contribution in [2.75, 3.05) is 24.5 Å². The van der Waals surface area contributed by atoms with E-state index in [9.17, 15) is 9.59 Å². The van der Waals surface area contributed by atoms with E-state index in [1.807, 2.05) is 19.9 Å². The number of nitrogens with one attached hydrogen (secondary N) is 1. The molecular formula is C15H19N5O2. The molecular weight excluding hydrogens is 282 g/mol. The molecule has 1 aliphatic heterocycles. The second-order valence-electron chi connectivity index (χ2n) is 5.35. The largest absolute Gasteiger partial charge is 0.352 e. The fraction of sp³-hybridized carbons (Fsp3) is 0.467. The van der Waals surface area contributed by atoms with Crippen molar-refractivity contribution in [3.05, 3.63) is 39.8 Å². The number of anilines is 1. The quantitative estimate of drug-likeness (QED) is 0.513. The molecule has 0 aromatic heterocycles. The summed E-state index contributed by atoms with van der Waals surface area (Å²) < 4.78 is 0. The van der Waals surface area contributed by atoms with Crippen LogP contribution in [0.25, 0.3) is 10.4 Å². The molecule has 2 rings (SSSR count). The van der Waals surface area contributed by atoms with Gasteiger partial charge in [-0.3, -0.25) is 9.59 Å². The van der Waals surface area contributed by atoms with Gasteiger partial charge in [0.1, 0.15) is 0 Å². The number of hydrogen-bond donors (Lipinski definition) is 1. The van der Waals surface area contributed by atoms with Gasteiger partial charge in [0.05, 0.1) is 0 Å². The minimum Gasteiger partial charge on any atom is -0.352 e. The molecule has 2 amide bonds. The lowest BCUT2D eigenvalue weighted by molar-refractivity contribution is -0.117. The van der Waals surface area contributed by atoms with E-state index in [1.165, 1.54) is 0 Å². The highest BCUT2D eigenvalue weighted by atomic mass is 16.2. The molecule has 7 heteroatoms. The number of rotatable bonds is 5. The Morgan fingerprint density at radius 2 is 2.32 bits per heavy atom. The van der Waals surface area contributed by atoms with Crippen LogP contribution in [0.2, 0.25) is 0 Å². The van der Waals surface area contributed by atoms with E-state index in [0.29, 0.717) is 31.6 Å². The summed E-state index contributed by atoms with van der Waals surface area (Å²) >= 11 is 0. The molecule has 1 aromatic rings. The smallest absolute Gasteiger partial charge is 0.251 e. The molecule has 1 unspecified atom stereocenters. The van der Waals surface area contributed by atoms with Gasteiger partial charge in [-0.2, -0.15) is 0 Å². The van der Waals surface area contributed by atoms with Gasteiger partial charge in [0.2, 0.25) is 5.91 Å². The topological polar surface area (TPSA) is 98.2 Å². The Labute approximate surface area is 128 Å². The second kappa shape index (κ2) is 6.95. The van der Waals surface area contributed by atoms with Gasteiger partial charge in [0.25, 0.3) is 5.91 Å². The fourth-order valence-electron chi connectivity index (χ4n) is 2.59. The lowest BCUT2D eigenvalue weighted by Crippen LogP contribution is -2.27. The van der Waals surface area contributed by atoms with Crippen LogP contribution in [0.3, 0.4) is 0 Å². The number of nitrogens with zero attached hydrogens (tertiary/aromatic N) is 4. The van der Waals surface area contributed by atoms with Crippen LogP contribution in [0.4, 0.5) is 5.69 Å². The molecule has 1 N–H and O–H groups in total. The number of amides is 2. The highest BCUT2D eigenvalue weighted by Crippen LogP contribution is 2.29. The summed E-state index contributed by atoms with van der Waals surface area (Å²) in [6.07, 6.45) is 0.365. The summed E-state index contributed by atoms with van der Waals surface area (Å²) in [6, 6.07) is 5.34. The molecule has 1 aromatic carbocycles. The van der Waals surface area contributed by atoms with E-state index in [1.54, 1.807) is 17.0 Å². The third-order valence-electron chi connectivity index (χ3n) is 3.71. The van der Waals surface area contributed by atoms with E-state index in [0.717, 1.165) is 11.3 Å². The zero-order chi connectivity index (χ0) is 16.1. The Hall–Kier alpha value is -2.53. The number of benzene rings is 1. The van der Waals surface area contributed by atoms with Gasteiger partial charge < -0.3 is 10.2 Å². The second-order valence-corrected chi connectivity index (χ2v) is 5.35. The lowest BCUT2D eigenvalue weighted by atomic mass is 10.1. The highest BCUT2D eigenvalue weighted by Gasteiger charge is 2.31. The van der Waals surface area contributed by atoms with Gasteiger partial charge in [-0.1, -0.05) is 11.2 Å². The molecule has 1 saturated heterocycles. The Bertz CT molecular complexity index is 637. The average molecular weight is 301 g/mol. The molecule has 116 valence electrons. The monoisotopic (exact) mass is 301 g/mol. The summed E-state index contributed by atoms with van der Waals surface area (Å²) in [6.45, 7) is 5.15. The van der Waals surface area contributed by atoms with E-state index in [4.69, 9.17) is 5.53 Å². The first-order chi connectivity index (χ1) is 10.6. The van der Waals surface area contributed by atoms with Crippen molar-refractivity contribution in [3.63, 3.8) is 0 Å². The summed E-state index contributed by atoms with van der Waals surface area (Å²) in [5.41, 5.74) is 10.6. The first-order valence-electron chi connectivity index (χ1n) is 7.26. The van der Waals surface area contributed by atoms with E-state index in [-0.39, 0.29) is 17.7 Å². The van der Waals surface area contributed by atoms with Crippen LogP contribution in [0, 0.1) is 12.8 Å². The molecule has 0 spiro atoms. The molecule has 0 bridgehead atoms. The third kappa shape index (κ3) is 3.38. The van der Waals surface area contributed by atoms with Gasteiger partial charge in [-0.25, -0.2) is 0 Å². The van der Waals surface area contributed by atoms with Crippen molar-refractivity contribution < 1.29 is 9.59 Å². The van der Waals surface area contributed by atoms with Gasteiger partial charge in [-0.15, -0.1) is 0 Å². The van der Waals surface area contributed by atoms with Crippen LogP contribution in [0.5, 0.6) is 0 Å². The molecule has 1 fully saturated rings. The standard InChI is InChI=1S/C15H19N5O2/c1-3-17-15(22)12-5-4-10(2)13(7-12)20-9-11(6-14(20)21)8-18-19-16/h4-5,7,11H,3,6,8-9H2,1-2H3,(H,17,22). The van der Waals surface area contributed by atoms with Crippen molar-refractivity contribution in [3.8, 4) is 0 Å². The maximum absolute atomic E-state index is 12.2. The maximum Gasteiger partial charge on any atom is 0.251 e. The van der Waals surface area contributed by atoms with Crippen LogP contribution in [0.1, 0.15) is 29.3 Å². The minimum absolute atomic E-state index is 0.00529. The predicted molar refractivity (Wildman–Crippen MR) is 83.7 cm³/mol. The van der Waals surface area contributed by atoms with Gasteiger partial charge in [-0.05, 0) is 43.0 Å². The zero-order valence-electron chi connectivity index (χ0n) is 12.7. The Morgan fingerprint density at radius 1 is 1.55 bits per heavy atom. The lowest BCUT2D eigenvalue weighted by Gasteiger charge is -2.20. The van der Waals surface area contributed by atoms with Crippen LogP contribution >= 0.6 is 0 Å². The number of carbonyl (C=O) groups is 2. The number of azide groups is 1. The molecule has 1 heterocycles. The van der Waals surface area contributed by atoms with Crippen molar-refractivity contribution in [1.82, 2.24) is 5.32 Å². The predicted octanol–water partition coefficient (Wildman–Crippen LogP) is 2.41. The average Bonchev–Trinajstić information content (AvgIpc) is 2.86. The minimum atomic E-state index is -0.152. The van der Waals surface area contributed by atoms with Crippen LogP contribution in [-0.4, -0.2) is 31.4 Å². The summed E-state index contributed by atoms with van der Waals surface area (Å²) in [5.74, 6) is -0.133.